The summed E-state index contributed by atoms with van der Waals surface area (Å²) in [5.41, 5.74) is 6.69. The maximum atomic E-state index is 12.5. The molecule has 0 amide bonds. The number of aromatic nitrogens is 4. The van der Waals surface area contributed by atoms with Gasteiger partial charge in [-0.15, -0.1) is 0 Å². The summed E-state index contributed by atoms with van der Waals surface area (Å²) >= 11 is 0. The molecule has 3 unspecified atom stereocenters. The van der Waals surface area contributed by atoms with Gasteiger partial charge in [0.1, 0.15) is 30.0 Å². The predicted molar refractivity (Wildman–Crippen MR) is 153 cm³/mol. The fourth-order valence-electron chi connectivity index (χ4n) is 4.05. The zero-order valence-corrected chi connectivity index (χ0v) is 25.0. The number of hydrogen-bond acceptors (Lipinski definition) is 13. The van der Waals surface area contributed by atoms with Gasteiger partial charge >= 0.3 is 11.9 Å². The third-order valence-corrected chi connectivity index (χ3v) is 8.23. The summed E-state index contributed by atoms with van der Waals surface area (Å²) in [6.07, 6.45) is 5.77. The predicted octanol–water partition coefficient (Wildman–Crippen LogP) is 2.50. The fraction of sp³-hybridized carbons (Fsp3) is 0.654. The number of fused-ring (bicyclic) bond motifs is 1. The number of imidazole rings is 1. The minimum atomic E-state index is -1.49. The van der Waals surface area contributed by atoms with Gasteiger partial charge in [0.2, 0.25) is 0 Å². The highest BCUT2D eigenvalue weighted by molar-refractivity contribution is 7.53. The van der Waals surface area contributed by atoms with E-state index in [1.807, 2.05) is 13.8 Å². The van der Waals surface area contributed by atoms with Crippen LogP contribution in [0.3, 0.4) is 0 Å². The van der Waals surface area contributed by atoms with Gasteiger partial charge in [0.15, 0.2) is 23.5 Å². The van der Waals surface area contributed by atoms with Gasteiger partial charge in [0.05, 0.1) is 34.1 Å². The molecule has 2 aromatic heterocycles. The van der Waals surface area contributed by atoms with Gasteiger partial charge < -0.3 is 29.8 Å². The van der Waals surface area contributed by atoms with E-state index in [-0.39, 0.29) is 18.6 Å². The number of nitrogens with zero attached hydrogens (tertiary/aromatic N) is 4. The number of rotatable bonds is 17. The van der Waals surface area contributed by atoms with E-state index >= 15 is 0 Å². The molecule has 0 radical (unpaired) electrons. The van der Waals surface area contributed by atoms with Crippen LogP contribution in [0.2, 0.25) is 0 Å². The zero-order valence-electron chi connectivity index (χ0n) is 24.1. The number of nitrogens with one attached hydrogen (secondary N) is 2. The number of hydrogen-bond donors (Lipinski definition) is 4. The second kappa shape index (κ2) is 15.5. The lowest BCUT2D eigenvalue weighted by Crippen LogP contribution is -2.42. The van der Waals surface area contributed by atoms with E-state index in [0.717, 1.165) is 25.7 Å². The SMILES string of the molecule is C=CC1(OCP(N[C@@H](C)C(=O)OCCCC)N[C@@H](C)C(=O)OCCCC)CC(O)C(n2cnc3c(N)ncnc32)O1. The Morgan fingerprint density at radius 1 is 1.20 bits per heavy atom. The molecule has 1 aliphatic heterocycles. The third kappa shape index (κ3) is 8.63. The quantitative estimate of drug-likeness (QED) is 0.0906. The van der Waals surface area contributed by atoms with Crippen molar-refractivity contribution in [3.63, 3.8) is 0 Å². The van der Waals surface area contributed by atoms with E-state index in [9.17, 15) is 14.7 Å². The Balaban J connectivity index is 1.72. The molecule has 14 nitrogen and oxygen atoms in total. The Labute approximate surface area is 241 Å². The molecule has 228 valence electrons. The van der Waals surface area contributed by atoms with E-state index in [4.69, 9.17) is 24.7 Å². The van der Waals surface area contributed by atoms with Crippen molar-refractivity contribution >= 4 is 37.1 Å². The first-order valence-electron chi connectivity index (χ1n) is 13.8. The fourth-order valence-corrected chi connectivity index (χ4v) is 5.76. The molecule has 0 aromatic carbocycles. The Morgan fingerprint density at radius 2 is 1.80 bits per heavy atom. The molecule has 5 atom stereocenters. The van der Waals surface area contributed by atoms with E-state index in [0.29, 0.717) is 24.4 Å². The highest BCUT2D eigenvalue weighted by Gasteiger charge is 2.47. The minimum Gasteiger partial charge on any atom is -0.465 e. The standard InChI is InChI=1S/C26H42N7O7P/c1-6-9-11-37-24(35)17(4)31-41(32-18(5)25(36)38-12-10-7-2)16-39-26(8-3)13-19(34)23(40-26)33-15-30-20-21(27)28-14-29-22(20)33/h8,14-15,17-19,23,31-32,34H,3,6-7,9-13,16H2,1-2,4-5H3,(H2,27,28,29)/t17-,18-,19?,23?,26?/m0/s1. The van der Waals surface area contributed by atoms with Gasteiger partial charge in [-0.05, 0) is 32.8 Å². The number of aliphatic hydroxyl groups excluding tert-OH is 1. The maximum Gasteiger partial charge on any atom is 0.323 e. The van der Waals surface area contributed by atoms with E-state index < -0.39 is 50.4 Å². The number of carbonyl (C=O) groups excluding carboxylic acids is 2. The van der Waals surface area contributed by atoms with Crippen LogP contribution in [0.15, 0.2) is 25.3 Å². The highest BCUT2D eigenvalue weighted by Crippen LogP contribution is 2.42. The normalized spacial score (nSPS) is 22.1. The first-order valence-corrected chi connectivity index (χ1v) is 15.4. The van der Waals surface area contributed by atoms with Gasteiger partial charge in [0.25, 0.3) is 0 Å². The van der Waals surface area contributed by atoms with Gasteiger partial charge in [-0.3, -0.25) is 24.3 Å². The van der Waals surface area contributed by atoms with Gasteiger partial charge in [-0.1, -0.05) is 33.3 Å². The minimum absolute atomic E-state index is 0.000250. The molecular formula is C26H42N7O7P. The lowest BCUT2D eigenvalue weighted by molar-refractivity contribution is -0.199. The largest absolute Gasteiger partial charge is 0.465 e. The summed E-state index contributed by atoms with van der Waals surface area (Å²) in [5, 5.41) is 17.3. The van der Waals surface area contributed by atoms with Crippen LogP contribution in [0.4, 0.5) is 5.82 Å². The van der Waals surface area contributed by atoms with Crippen LogP contribution in [-0.2, 0) is 28.5 Å². The Bertz CT molecular complexity index is 1140. The molecule has 0 aliphatic carbocycles. The summed E-state index contributed by atoms with van der Waals surface area (Å²) in [7, 11) is -1.49. The Kier molecular flexibility index (Phi) is 12.4. The second-order valence-corrected chi connectivity index (χ2v) is 11.5. The van der Waals surface area contributed by atoms with Crippen LogP contribution in [-0.4, -0.2) is 80.1 Å². The number of unbranched alkanes of at least 4 members (excludes halogenated alkanes) is 2. The number of aliphatic hydroxyl groups is 1. The van der Waals surface area contributed by atoms with Crippen molar-refractivity contribution in [3.05, 3.63) is 25.3 Å². The average molecular weight is 596 g/mol. The van der Waals surface area contributed by atoms with Crippen molar-refractivity contribution < 1.29 is 33.6 Å². The highest BCUT2D eigenvalue weighted by atomic mass is 31.1. The molecule has 3 rings (SSSR count). The van der Waals surface area contributed by atoms with Gasteiger partial charge in [-0.25, -0.2) is 15.0 Å². The van der Waals surface area contributed by atoms with Crippen LogP contribution < -0.4 is 15.9 Å². The van der Waals surface area contributed by atoms with Crippen molar-refractivity contribution in [1.29, 1.82) is 0 Å². The molecule has 0 bridgehead atoms. The van der Waals surface area contributed by atoms with E-state index in [1.165, 1.54) is 18.7 Å². The number of anilines is 1. The van der Waals surface area contributed by atoms with Crippen LogP contribution in [0.25, 0.3) is 11.2 Å². The maximum absolute atomic E-state index is 12.5. The molecule has 3 heterocycles. The topological polar surface area (TPSA) is 185 Å². The molecule has 1 saturated heterocycles. The zero-order chi connectivity index (χ0) is 30.0. The molecule has 0 spiro atoms. The molecule has 15 heteroatoms. The number of nitrogen functional groups attached to an aromatic ring is 1. The van der Waals surface area contributed by atoms with Gasteiger partial charge in [-0.2, -0.15) is 0 Å². The molecule has 2 aromatic rings. The first-order chi connectivity index (χ1) is 19.6. The van der Waals surface area contributed by atoms with E-state index in [1.54, 1.807) is 18.4 Å². The third-order valence-electron chi connectivity index (χ3n) is 6.44. The Hall–Kier alpha value is -2.74. The van der Waals surface area contributed by atoms with Crippen LogP contribution >= 0.6 is 8.22 Å². The lowest BCUT2D eigenvalue weighted by atomic mass is 10.1. The van der Waals surface area contributed by atoms with Crippen LogP contribution in [0, 0.1) is 0 Å². The number of esters is 2. The molecule has 0 saturated carbocycles. The summed E-state index contributed by atoms with van der Waals surface area (Å²) in [4.78, 5) is 37.5. The van der Waals surface area contributed by atoms with Crippen molar-refractivity contribution in [2.75, 3.05) is 25.3 Å². The number of carbonyl (C=O) groups is 2. The number of nitrogens with two attached hydrogens (primary N) is 1. The Morgan fingerprint density at radius 3 is 2.37 bits per heavy atom. The van der Waals surface area contributed by atoms with Crippen molar-refractivity contribution in [2.24, 2.45) is 0 Å². The van der Waals surface area contributed by atoms with E-state index in [2.05, 4.69) is 31.7 Å². The summed E-state index contributed by atoms with van der Waals surface area (Å²) in [5.74, 6) is -1.99. The molecule has 1 fully saturated rings. The second-order valence-electron chi connectivity index (χ2n) is 9.82. The average Bonchev–Trinajstić information content (AvgIpc) is 3.53. The lowest BCUT2D eigenvalue weighted by Gasteiger charge is -2.31. The molecule has 5 N–H and O–H groups in total. The van der Waals surface area contributed by atoms with Crippen molar-refractivity contribution in [1.82, 2.24) is 29.7 Å². The van der Waals surface area contributed by atoms with Crippen LogP contribution in [0.5, 0.6) is 0 Å². The molecule has 41 heavy (non-hydrogen) atoms. The van der Waals surface area contributed by atoms with Crippen LogP contribution in [0.1, 0.15) is 66.0 Å². The summed E-state index contributed by atoms with van der Waals surface area (Å²) < 4.78 is 24.6. The number of ether oxygens (including phenoxy) is 4. The summed E-state index contributed by atoms with van der Waals surface area (Å²) in [6.45, 7) is 11.9. The molecular weight excluding hydrogens is 553 g/mol. The van der Waals surface area contributed by atoms with Crippen molar-refractivity contribution in [2.45, 2.75) is 90.0 Å². The first kappa shape index (κ1) is 32.8. The summed E-state index contributed by atoms with van der Waals surface area (Å²) in [6, 6.07) is -1.36. The monoisotopic (exact) mass is 595 g/mol. The smallest absolute Gasteiger partial charge is 0.323 e. The van der Waals surface area contributed by atoms with Crippen molar-refractivity contribution in [3.8, 4) is 0 Å². The van der Waals surface area contributed by atoms with Gasteiger partial charge in [0, 0.05) is 6.42 Å². The molecule has 1 aliphatic rings.